The van der Waals surface area contributed by atoms with Crippen LogP contribution in [-0.4, -0.2) is 52.8 Å². The number of amides is 2. The van der Waals surface area contributed by atoms with E-state index in [9.17, 15) is 14.0 Å². The van der Waals surface area contributed by atoms with Crippen molar-refractivity contribution in [2.45, 2.75) is 63.2 Å². The van der Waals surface area contributed by atoms with E-state index in [4.69, 9.17) is 0 Å². The van der Waals surface area contributed by atoms with Gasteiger partial charge in [-0.3, -0.25) is 14.5 Å². The number of likely N-dealkylation sites (tertiary alicyclic amines) is 1. The Balaban J connectivity index is 1.12. The van der Waals surface area contributed by atoms with Crippen molar-refractivity contribution in [1.29, 1.82) is 0 Å². The number of nitrogens with one attached hydrogen (secondary N) is 1. The Morgan fingerprint density at radius 2 is 1.53 bits per heavy atom. The third-order valence-electron chi connectivity index (χ3n) is 8.25. The molecule has 186 valence electrons. The number of benzene rings is 3. The summed E-state index contributed by atoms with van der Waals surface area (Å²) in [6.45, 7) is 2.41. The molecule has 3 aliphatic rings. The minimum absolute atomic E-state index is 0.0359. The highest BCUT2D eigenvalue weighted by Crippen LogP contribution is 2.37. The minimum atomic E-state index is -0.208. The van der Waals surface area contributed by atoms with Crippen molar-refractivity contribution in [3.05, 3.63) is 83.2 Å². The minimum Gasteiger partial charge on any atom is -0.349 e. The Morgan fingerprint density at radius 1 is 0.861 bits per heavy atom. The standard InChI is InChI=1S/C30H32FN3O2/c31-23-10-9-21-15-20(7-8-22(21)16-23)19-34-25-11-12-26(34)18-24(17-25)32-29(35)27-5-1-2-6-28(27)30(36)33-13-3-4-14-33/h1-2,5-10,15-16,24-26H,3-4,11-14,17-19H2,(H,32,35)/t24?,25-,26+. The summed E-state index contributed by atoms with van der Waals surface area (Å²) in [6.07, 6.45) is 6.17. The van der Waals surface area contributed by atoms with E-state index < -0.39 is 0 Å². The van der Waals surface area contributed by atoms with E-state index in [1.807, 2.05) is 29.2 Å². The van der Waals surface area contributed by atoms with Gasteiger partial charge in [0.25, 0.3) is 11.8 Å². The van der Waals surface area contributed by atoms with Crippen molar-refractivity contribution < 1.29 is 14.0 Å². The van der Waals surface area contributed by atoms with Crippen LogP contribution >= 0.6 is 0 Å². The Hall–Kier alpha value is -3.25. The van der Waals surface area contributed by atoms with Crippen LogP contribution in [0.15, 0.2) is 60.7 Å². The lowest BCUT2D eigenvalue weighted by molar-refractivity contribution is 0.0772. The first-order chi connectivity index (χ1) is 17.5. The molecule has 3 atom stereocenters. The second-order valence-corrected chi connectivity index (χ2v) is 10.6. The predicted octanol–water partition coefficient (Wildman–Crippen LogP) is 5.14. The molecular weight excluding hydrogens is 453 g/mol. The lowest BCUT2D eigenvalue weighted by Gasteiger charge is -2.39. The van der Waals surface area contributed by atoms with Gasteiger partial charge in [-0.05, 0) is 85.2 Å². The van der Waals surface area contributed by atoms with Crippen LogP contribution in [0.25, 0.3) is 10.8 Å². The SMILES string of the molecule is O=C(NC1C[C@H]2CC[C@@H](C1)N2Cc1ccc2cc(F)ccc2c1)c1ccccc1C(=O)N1CCCC1. The van der Waals surface area contributed by atoms with Crippen molar-refractivity contribution in [2.24, 2.45) is 0 Å². The van der Waals surface area contributed by atoms with Gasteiger partial charge in [-0.1, -0.05) is 30.3 Å². The molecule has 6 heteroatoms. The fourth-order valence-corrected chi connectivity index (χ4v) is 6.45. The van der Waals surface area contributed by atoms with E-state index in [1.54, 1.807) is 18.2 Å². The summed E-state index contributed by atoms with van der Waals surface area (Å²) >= 11 is 0. The molecule has 0 aromatic heterocycles. The van der Waals surface area contributed by atoms with E-state index in [0.717, 1.165) is 68.9 Å². The van der Waals surface area contributed by atoms with Crippen molar-refractivity contribution >= 4 is 22.6 Å². The molecule has 5 nitrogen and oxygen atoms in total. The molecule has 3 aromatic carbocycles. The molecule has 3 fully saturated rings. The van der Waals surface area contributed by atoms with Crippen LogP contribution in [0.1, 0.15) is 64.8 Å². The molecule has 3 heterocycles. The number of piperidine rings is 1. The van der Waals surface area contributed by atoms with Gasteiger partial charge in [-0.25, -0.2) is 4.39 Å². The molecule has 6 rings (SSSR count). The predicted molar refractivity (Wildman–Crippen MR) is 138 cm³/mol. The maximum atomic E-state index is 13.5. The van der Waals surface area contributed by atoms with Crippen LogP contribution in [0.2, 0.25) is 0 Å². The average molecular weight is 486 g/mol. The van der Waals surface area contributed by atoms with Crippen LogP contribution < -0.4 is 5.32 Å². The van der Waals surface area contributed by atoms with Crippen LogP contribution in [-0.2, 0) is 6.54 Å². The topological polar surface area (TPSA) is 52.7 Å². The zero-order chi connectivity index (χ0) is 24.6. The quantitative estimate of drug-likeness (QED) is 0.545. The number of hydrogen-bond acceptors (Lipinski definition) is 3. The van der Waals surface area contributed by atoms with Crippen molar-refractivity contribution in [2.75, 3.05) is 13.1 Å². The molecule has 3 aromatic rings. The number of nitrogens with zero attached hydrogens (tertiary/aromatic N) is 2. The monoisotopic (exact) mass is 485 g/mol. The molecule has 1 unspecified atom stereocenters. The largest absolute Gasteiger partial charge is 0.349 e. The number of fused-ring (bicyclic) bond motifs is 3. The number of carbonyl (C=O) groups excluding carboxylic acids is 2. The highest BCUT2D eigenvalue weighted by atomic mass is 19.1. The summed E-state index contributed by atoms with van der Waals surface area (Å²) in [5, 5.41) is 5.25. The maximum absolute atomic E-state index is 13.5. The molecule has 3 saturated heterocycles. The Bertz CT molecular complexity index is 1290. The van der Waals surface area contributed by atoms with Gasteiger partial charge >= 0.3 is 0 Å². The summed E-state index contributed by atoms with van der Waals surface area (Å²) in [5.74, 6) is -0.385. The van der Waals surface area contributed by atoms with Gasteiger partial charge in [0.05, 0.1) is 11.1 Å². The van der Waals surface area contributed by atoms with Crippen LogP contribution in [0.4, 0.5) is 4.39 Å². The average Bonchev–Trinajstić information content (AvgIpc) is 3.50. The molecule has 0 radical (unpaired) electrons. The van der Waals surface area contributed by atoms with Crippen LogP contribution in [0.3, 0.4) is 0 Å². The number of hydrogen-bond donors (Lipinski definition) is 1. The summed E-state index contributed by atoms with van der Waals surface area (Å²) in [6, 6.07) is 19.4. The zero-order valence-corrected chi connectivity index (χ0v) is 20.5. The lowest BCUT2D eigenvalue weighted by Crippen LogP contribution is -2.50. The first-order valence-corrected chi connectivity index (χ1v) is 13.2. The zero-order valence-electron chi connectivity index (χ0n) is 20.5. The normalized spacial score (nSPS) is 23.8. The number of carbonyl (C=O) groups is 2. The third kappa shape index (κ3) is 4.50. The third-order valence-corrected chi connectivity index (χ3v) is 8.25. The summed E-state index contributed by atoms with van der Waals surface area (Å²) < 4.78 is 13.5. The van der Waals surface area contributed by atoms with Crippen molar-refractivity contribution in [1.82, 2.24) is 15.1 Å². The molecule has 2 amide bonds. The van der Waals surface area contributed by atoms with Gasteiger partial charge in [0.15, 0.2) is 0 Å². The fraction of sp³-hybridized carbons (Fsp3) is 0.400. The molecular formula is C30H32FN3O2. The molecule has 2 bridgehead atoms. The van der Waals surface area contributed by atoms with Gasteiger partial charge < -0.3 is 10.2 Å². The molecule has 0 spiro atoms. The first kappa shape index (κ1) is 23.2. The van der Waals surface area contributed by atoms with E-state index in [0.29, 0.717) is 23.2 Å². The Kier molecular flexibility index (Phi) is 6.22. The van der Waals surface area contributed by atoms with E-state index in [2.05, 4.69) is 22.3 Å². The summed E-state index contributed by atoms with van der Waals surface area (Å²) in [5.41, 5.74) is 2.23. The summed E-state index contributed by atoms with van der Waals surface area (Å²) in [7, 11) is 0. The molecule has 0 saturated carbocycles. The molecule has 3 aliphatic heterocycles. The Morgan fingerprint density at radius 3 is 2.28 bits per heavy atom. The maximum Gasteiger partial charge on any atom is 0.254 e. The van der Waals surface area contributed by atoms with Crippen LogP contribution in [0.5, 0.6) is 0 Å². The molecule has 0 aliphatic carbocycles. The Labute approximate surface area is 211 Å². The van der Waals surface area contributed by atoms with Gasteiger partial charge in [0.2, 0.25) is 0 Å². The van der Waals surface area contributed by atoms with Gasteiger partial charge in [-0.2, -0.15) is 0 Å². The van der Waals surface area contributed by atoms with E-state index >= 15 is 0 Å². The van der Waals surface area contributed by atoms with Crippen LogP contribution in [0, 0.1) is 5.82 Å². The number of halogens is 1. The second kappa shape index (κ2) is 9.66. The molecule has 36 heavy (non-hydrogen) atoms. The first-order valence-electron chi connectivity index (χ1n) is 13.2. The smallest absolute Gasteiger partial charge is 0.254 e. The number of rotatable bonds is 5. The highest BCUT2D eigenvalue weighted by Gasteiger charge is 2.41. The van der Waals surface area contributed by atoms with Crippen molar-refractivity contribution in [3.8, 4) is 0 Å². The lowest BCUT2D eigenvalue weighted by atomic mass is 9.95. The van der Waals surface area contributed by atoms with Gasteiger partial charge in [0.1, 0.15) is 5.82 Å². The highest BCUT2D eigenvalue weighted by molar-refractivity contribution is 6.07. The molecule has 1 N–H and O–H groups in total. The van der Waals surface area contributed by atoms with E-state index in [1.165, 1.54) is 11.6 Å². The fourth-order valence-electron chi connectivity index (χ4n) is 6.45. The van der Waals surface area contributed by atoms with Gasteiger partial charge in [-0.15, -0.1) is 0 Å². The van der Waals surface area contributed by atoms with E-state index in [-0.39, 0.29) is 23.7 Å². The van der Waals surface area contributed by atoms with Gasteiger partial charge in [0, 0.05) is 37.8 Å². The van der Waals surface area contributed by atoms with Crippen molar-refractivity contribution in [3.63, 3.8) is 0 Å². The second-order valence-electron chi connectivity index (χ2n) is 10.6. The summed E-state index contributed by atoms with van der Waals surface area (Å²) in [4.78, 5) is 30.7.